The summed E-state index contributed by atoms with van der Waals surface area (Å²) in [6.45, 7) is 12.8. The SMILES string of the molecule is C=C(F)C1=C(C(=CC)C/C(C)=C\C(C)=C(/C=N)C=NCC(C)(C)O)CCC1O. The average molecular weight is 389 g/mol. The summed E-state index contributed by atoms with van der Waals surface area (Å²) in [6.07, 6.45) is 7.76. The lowest BCUT2D eigenvalue weighted by atomic mass is 9.94. The summed E-state index contributed by atoms with van der Waals surface area (Å²) in [5, 5.41) is 27.4. The molecule has 1 rings (SSSR count). The number of rotatable bonds is 9. The van der Waals surface area contributed by atoms with Crippen molar-refractivity contribution in [1.29, 1.82) is 5.41 Å². The highest BCUT2D eigenvalue weighted by atomic mass is 19.1. The molecule has 1 aliphatic carbocycles. The Balaban J connectivity index is 3.05. The van der Waals surface area contributed by atoms with Gasteiger partial charge in [-0.05, 0) is 70.6 Å². The number of hydrogen-bond acceptors (Lipinski definition) is 4. The molecule has 1 aliphatic rings. The summed E-state index contributed by atoms with van der Waals surface area (Å²) in [7, 11) is 0. The third-order valence-electron chi connectivity index (χ3n) is 4.61. The third kappa shape index (κ3) is 7.13. The monoisotopic (exact) mass is 388 g/mol. The highest BCUT2D eigenvalue weighted by Crippen LogP contribution is 2.37. The van der Waals surface area contributed by atoms with Crippen LogP contribution in [0.4, 0.5) is 4.39 Å². The molecule has 0 heterocycles. The van der Waals surface area contributed by atoms with E-state index in [0.29, 0.717) is 30.4 Å². The molecule has 0 fully saturated rings. The summed E-state index contributed by atoms with van der Waals surface area (Å²) in [5.74, 6) is -0.564. The summed E-state index contributed by atoms with van der Waals surface area (Å²) < 4.78 is 13.8. The lowest BCUT2D eigenvalue weighted by molar-refractivity contribution is 0.0906. The largest absolute Gasteiger partial charge is 0.389 e. The second kappa shape index (κ2) is 10.4. The molecule has 0 aromatic carbocycles. The Kier molecular flexibility index (Phi) is 8.92. The van der Waals surface area contributed by atoms with Gasteiger partial charge in [0, 0.05) is 23.6 Å². The molecule has 0 spiro atoms. The molecule has 5 heteroatoms. The van der Waals surface area contributed by atoms with Gasteiger partial charge in [0.05, 0.1) is 18.2 Å². The molecule has 0 aliphatic heterocycles. The minimum Gasteiger partial charge on any atom is -0.389 e. The van der Waals surface area contributed by atoms with E-state index >= 15 is 0 Å². The number of nitrogens with one attached hydrogen (secondary N) is 1. The molecule has 0 bridgehead atoms. The Morgan fingerprint density at radius 1 is 1.39 bits per heavy atom. The van der Waals surface area contributed by atoms with E-state index in [1.807, 2.05) is 32.9 Å². The van der Waals surface area contributed by atoms with E-state index in [1.165, 1.54) is 6.21 Å². The highest BCUT2D eigenvalue weighted by Gasteiger charge is 2.27. The smallest absolute Gasteiger partial charge is 0.122 e. The fourth-order valence-corrected chi connectivity index (χ4v) is 3.25. The maximum Gasteiger partial charge on any atom is 0.122 e. The van der Waals surface area contributed by atoms with Crippen LogP contribution in [0.1, 0.15) is 53.9 Å². The average Bonchev–Trinajstić information content (AvgIpc) is 2.97. The van der Waals surface area contributed by atoms with E-state index in [4.69, 9.17) is 5.41 Å². The Morgan fingerprint density at radius 2 is 2.04 bits per heavy atom. The Hall–Kier alpha value is -2.11. The number of hydrogen-bond donors (Lipinski definition) is 3. The zero-order valence-corrected chi connectivity index (χ0v) is 17.6. The third-order valence-corrected chi connectivity index (χ3v) is 4.61. The zero-order valence-electron chi connectivity index (χ0n) is 17.6. The van der Waals surface area contributed by atoms with Crippen LogP contribution in [0.3, 0.4) is 0 Å². The molecule has 1 atom stereocenters. The van der Waals surface area contributed by atoms with Crippen LogP contribution in [0.25, 0.3) is 0 Å². The number of aliphatic hydroxyl groups excluding tert-OH is 1. The molecule has 1 unspecified atom stereocenters. The molecular formula is C23H33FN2O2. The molecule has 154 valence electrons. The van der Waals surface area contributed by atoms with Gasteiger partial charge in [0.15, 0.2) is 0 Å². The predicted octanol–water partition coefficient (Wildman–Crippen LogP) is 5.01. The van der Waals surface area contributed by atoms with Crippen molar-refractivity contribution >= 4 is 12.4 Å². The van der Waals surface area contributed by atoms with Gasteiger partial charge in [-0.1, -0.05) is 24.3 Å². The molecule has 0 radical (unpaired) electrons. The van der Waals surface area contributed by atoms with Crippen molar-refractivity contribution in [3.63, 3.8) is 0 Å². The minimum atomic E-state index is -0.887. The van der Waals surface area contributed by atoms with E-state index in [1.54, 1.807) is 20.1 Å². The maximum atomic E-state index is 13.8. The van der Waals surface area contributed by atoms with Gasteiger partial charge in [0.25, 0.3) is 0 Å². The number of aliphatic hydroxyl groups is 2. The van der Waals surface area contributed by atoms with Gasteiger partial charge >= 0.3 is 0 Å². The van der Waals surface area contributed by atoms with Crippen molar-refractivity contribution in [3.05, 3.63) is 58.0 Å². The molecule has 0 amide bonds. The molecule has 0 aromatic heterocycles. The van der Waals surface area contributed by atoms with Crippen LogP contribution >= 0.6 is 0 Å². The normalized spacial score (nSPS) is 20.1. The fourth-order valence-electron chi connectivity index (χ4n) is 3.25. The van der Waals surface area contributed by atoms with Crippen LogP contribution < -0.4 is 0 Å². The first kappa shape index (κ1) is 23.9. The van der Waals surface area contributed by atoms with Crippen molar-refractivity contribution in [2.24, 2.45) is 4.99 Å². The number of aliphatic imine (C=N–C) groups is 1. The lowest BCUT2D eigenvalue weighted by Crippen LogP contribution is -2.22. The van der Waals surface area contributed by atoms with Gasteiger partial charge in [0.2, 0.25) is 0 Å². The maximum absolute atomic E-state index is 13.8. The number of nitrogens with zero attached hydrogens (tertiary/aromatic N) is 1. The molecular weight excluding hydrogens is 355 g/mol. The van der Waals surface area contributed by atoms with Crippen LogP contribution in [0, 0.1) is 5.41 Å². The van der Waals surface area contributed by atoms with Crippen molar-refractivity contribution in [1.82, 2.24) is 0 Å². The van der Waals surface area contributed by atoms with Gasteiger partial charge < -0.3 is 15.6 Å². The quantitative estimate of drug-likeness (QED) is 0.383. The Bertz CT molecular complexity index is 762. The van der Waals surface area contributed by atoms with E-state index in [-0.39, 0.29) is 6.54 Å². The van der Waals surface area contributed by atoms with Crippen molar-refractivity contribution in [2.45, 2.75) is 65.6 Å². The predicted molar refractivity (Wildman–Crippen MR) is 116 cm³/mol. The Labute approximate surface area is 168 Å². The van der Waals surface area contributed by atoms with E-state index in [2.05, 4.69) is 11.6 Å². The molecule has 3 N–H and O–H groups in total. The second-order valence-electron chi connectivity index (χ2n) is 7.90. The molecule has 4 nitrogen and oxygen atoms in total. The van der Waals surface area contributed by atoms with Crippen molar-refractivity contribution in [3.8, 4) is 0 Å². The van der Waals surface area contributed by atoms with Crippen molar-refractivity contribution in [2.75, 3.05) is 6.54 Å². The van der Waals surface area contributed by atoms with Gasteiger partial charge in [-0.3, -0.25) is 4.99 Å². The first-order valence-corrected chi connectivity index (χ1v) is 9.52. The summed E-state index contributed by atoms with van der Waals surface area (Å²) in [6, 6.07) is 0. The van der Waals surface area contributed by atoms with E-state index < -0.39 is 17.5 Å². The number of allylic oxidation sites excluding steroid dienone is 7. The second-order valence-corrected chi connectivity index (χ2v) is 7.90. The van der Waals surface area contributed by atoms with Crippen LogP contribution in [0.2, 0.25) is 0 Å². The highest BCUT2D eigenvalue weighted by molar-refractivity contribution is 6.04. The van der Waals surface area contributed by atoms with Crippen LogP contribution in [-0.4, -0.2) is 40.9 Å². The molecule has 0 aromatic rings. The van der Waals surface area contributed by atoms with E-state index in [9.17, 15) is 14.6 Å². The zero-order chi connectivity index (χ0) is 21.5. The first-order valence-electron chi connectivity index (χ1n) is 9.52. The minimum absolute atomic E-state index is 0.259. The van der Waals surface area contributed by atoms with Gasteiger partial charge in [-0.15, -0.1) is 0 Å². The standard InChI is InChI=1S/C23H33FN2O2/c1-7-18(20-8-9-21(27)22(20)17(4)24)11-15(2)10-16(3)19(12-25)13-26-14-23(5,6)28/h7,10,12-13,21,25,27-28H,4,8-9,11,14H2,1-3,5-6H3/b15-10-,18-7?,19-16+,25-12?,26-13?. The molecule has 0 saturated carbocycles. The van der Waals surface area contributed by atoms with Crippen LogP contribution in [0.5, 0.6) is 0 Å². The van der Waals surface area contributed by atoms with Crippen LogP contribution in [-0.2, 0) is 0 Å². The van der Waals surface area contributed by atoms with Gasteiger partial charge in [-0.2, -0.15) is 0 Å². The topological polar surface area (TPSA) is 76.7 Å². The van der Waals surface area contributed by atoms with Gasteiger partial charge in [0.1, 0.15) is 5.83 Å². The first-order chi connectivity index (χ1) is 13.0. The summed E-state index contributed by atoms with van der Waals surface area (Å²) in [4.78, 5) is 4.21. The lowest BCUT2D eigenvalue weighted by Gasteiger charge is -2.13. The van der Waals surface area contributed by atoms with Crippen molar-refractivity contribution < 1.29 is 14.6 Å². The number of halogens is 1. The van der Waals surface area contributed by atoms with Crippen LogP contribution in [0.15, 0.2) is 63.0 Å². The van der Waals surface area contributed by atoms with Gasteiger partial charge in [-0.25, -0.2) is 4.39 Å². The molecule has 0 saturated heterocycles. The summed E-state index contributed by atoms with van der Waals surface area (Å²) >= 11 is 0. The van der Waals surface area contributed by atoms with E-state index in [0.717, 1.165) is 22.3 Å². The summed E-state index contributed by atoms with van der Waals surface area (Å²) in [5.41, 5.74) is 3.87. The molecule has 28 heavy (non-hydrogen) atoms. The Morgan fingerprint density at radius 3 is 2.54 bits per heavy atom. The fraction of sp³-hybridized carbons (Fsp3) is 0.478.